The smallest absolute Gasteiger partial charge is 0.413 e. The monoisotopic (exact) mass is 363 g/mol. The number of carbonyl (C=O) groups excluding carboxylic acids is 2. The zero-order valence-electron chi connectivity index (χ0n) is 15.9. The van der Waals surface area contributed by atoms with E-state index in [1.165, 1.54) is 11.8 Å². The summed E-state index contributed by atoms with van der Waals surface area (Å²) in [6.45, 7) is 9.90. The van der Waals surface area contributed by atoms with Crippen molar-refractivity contribution in [3.8, 4) is 0 Å². The number of hydrogen-bond donors (Lipinski definition) is 1. The molecule has 0 saturated carbocycles. The van der Waals surface area contributed by atoms with E-state index in [2.05, 4.69) is 0 Å². The van der Waals surface area contributed by atoms with Crippen LogP contribution in [0.2, 0.25) is 0 Å². The summed E-state index contributed by atoms with van der Waals surface area (Å²) in [5, 5.41) is 9.59. The van der Waals surface area contributed by atoms with Crippen molar-refractivity contribution in [3.63, 3.8) is 0 Å². The zero-order chi connectivity index (χ0) is 19.9. The number of benzene rings is 1. The molecule has 1 aliphatic rings. The third kappa shape index (κ3) is 4.04. The summed E-state index contributed by atoms with van der Waals surface area (Å²) in [5.74, 6) is -1.27. The highest BCUT2D eigenvalue weighted by molar-refractivity contribution is 5.94. The standard InChI is InChI=1S/C19H25NO6/c1-11(21)12-7-9-13(10-8-12)14-15(16(22)23)25-19(5,6)20(14)17(24)26-18(2,3)4/h7-10,14-15H,1-6H3,(H,22,23)/t14-,15+/m0/s1. The minimum atomic E-state index is -1.25. The van der Waals surface area contributed by atoms with Gasteiger partial charge in [0.05, 0.1) is 0 Å². The first-order chi connectivity index (χ1) is 11.8. The molecule has 1 N–H and O–H groups in total. The van der Waals surface area contributed by atoms with E-state index in [-0.39, 0.29) is 5.78 Å². The molecule has 1 aromatic carbocycles. The predicted octanol–water partition coefficient (Wildman–Crippen LogP) is 3.39. The second kappa shape index (κ2) is 6.72. The van der Waals surface area contributed by atoms with Crippen molar-refractivity contribution >= 4 is 17.8 Å². The van der Waals surface area contributed by atoms with E-state index in [9.17, 15) is 19.5 Å². The number of carbonyl (C=O) groups is 3. The highest BCUT2D eigenvalue weighted by Crippen LogP contribution is 2.42. The third-order valence-electron chi connectivity index (χ3n) is 4.05. The normalized spacial score (nSPS) is 22.2. The first-order valence-electron chi connectivity index (χ1n) is 8.37. The fourth-order valence-electron chi connectivity index (χ4n) is 2.97. The molecule has 1 amide bonds. The number of carboxylic acids is 1. The van der Waals surface area contributed by atoms with E-state index < -0.39 is 35.5 Å². The molecule has 2 rings (SSSR count). The Morgan fingerprint density at radius 3 is 2.12 bits per heavy atom. The van der Waals surface area contributed by atoms with E-state index >= 15 is 0 Å². The summed E-state index contributed by atoms with van der Waals surface area (Å²) < 4.78 is 11.1. The lowest BCUT2D eigenvalue weighted by Crippen LogP contribution is -2.47. The van der Waals surface area contributed by atoms with Gasteiger partial charge in [0.1, 0.15) is 17.4 Å². The number of ketones is 1. The Hall–Kier alpha value is -2.41. The summed E-state index contributed by atoms with van der Waals surface area (Å²) in [4.78, 5) is 37.3. The molecule has 1 aliphatic heterocycles. The summed E-state index contributed by atoms with van der Waals surface area (Å²) >= 11 is 0. The van der Waals surface area contributed by atoms with Crippen LogP contribution in [0.5, 0.6) is 0 Å². The van der Waals surface area contributed by atoms with E-state index in [1.807, 2.05) is 0 Å². The molecule has 1 fully saturated rings. The van der Waals surface area contributed by atoms with Gasteiger partial charge in [-0.25, -0.2) is 9.59 Å². The second-order valence-electron chi connectivity index (χ2n) is 7.80. The summed E-state index contributed by atoms with van der Waals surface area (Å²) in [6.07, 6.45) is -1.91. The van der Waals surface area contributed by atoms with Gasteiger partial charge in [-0.1, -0.05) is 24.3 Å². The number of carboxylic acid groups (broad SMARTS) is 1. The van der Waals surface area contributed by atoms with Gasteiger partial charge in [0, 0.05) is 5.56 Å². The van der Waals surface area contributed by atoms with Crippen molar-refractivity contribution < 1.29 is 29.0 Å². The molecule has 0 bridgehead atoms. The minimum Gasteiger partial charge on any atom is -0.479 e. The number of rotatable bonds is 3. The zero-order valence-corrected chi connectivity index (χ0v) is 15.9. The molecule has 2 atom stereocenters. The molecule has 142 valence electrons. The first-order valence-corrected chi connectivity index (χ1v) is 8.37. The molecular weight excluding hydrogens is 338 g/mol. The van der Waals surface area contributed by atoms with Gasteiger partial charge in [-0.2, -0.15) is 0 Å². The van der Waals surface area contributed by atoms with Crippen LogP contribution >= 0.6 is 0 Å². The molecule has 1 saturated heterocycles. The van der Waals surface area contributed by atoms with Crippen LogP contribution in [0.25, 0.3) is 0 Å². The summed E-state index contributed by atoms with van der Waals surface area (Å²) in [7, 11) is 0. The van der Waals surface area contributed by atoms with Gasteiger partial charge in [0.15, 0.2) is 11.9 Å². The summed E-state index contributed by atoms with van der Waals surface area (Å²) in [6, 6.07) is 5.61. The van der Waals surface area contributed by atoms with Gasteiger partial charge < -0.3 is 14.6 Å². The van der Waals surface area contributed by atoms with Crippen molar-refractivity contribution in [1.82, 2.24) is 4.90 Å². The molecule has 7 nitrogen and oxygen atoms in total. The Bertz CT molecular complexity index is 717. The fourth-order valence-corrected chi connectivity index (χ4v) is 2.97. The molecule has 0 spiro atoms. The topological polar surface area (TPSA) is 93.1 Å². The largest absolute Gasteiger partial charge is 0.479 e. The predicted molar refractivity (Wildman–Crippen MR) is 93.8 cm³/mol. The van der Waals surface area contributed by atoms with Gasteiger partial charge in [0.25, 0.3) is 0 Å². The van der Waals surface area contributed by atoms with Gasteiger partial charge >= 0.3 is 12.1 Å². The van der Waals surface area contributed by atoms with E-state index in [0.717, 1.165) is 0 Å². The molecule has 1 heterocycles. The number of amides is 1. The molecule has 0 radical (unpaired) electrons. The Morgan fingerprint density at radius 2 is 1.69 bits per heavy atom. The highest BCUT2D eigenvalue weighted by atomic mass is 16.6. The lowest BCUT2D eigenvalue weighted by Gasteiger charge is -2.35. The molecule has 1 aromatic rings. The van der Waals surface area contributed by atoms with Gasteiger partial charge in [0.2, 0.25) is 0 Å². The maximum atomic E-state index is 12.8. The average Bonchev–Trinajstić information content (AvgIpc) is 2.77. The first kappa shape index (κ1) is 19.9. The van der Waals surface area contributed by atoms with Crippen LogP contribution in [-0.2, 0) is 14.3 Å². The molecule has 7 heteroatoms. The van der Waals surface area contributed by atoms with Crippen molar-refractivity contribution in [3.05, 3.63) is 35.4 Å². The molecular formula is C19H25NO6. The van der Waals surface area contributed by atoms with Crippen LogP contribution < -0.4 is 0 Å². The Kier molecular flexibility index (Phi) is 5.14. The van der Waals surface area contributed by atoms with Crippen LogP contribution in [0.15, 0.2) is 24.3 Å². The van der Waals surface area contributed by atoms with Crippen molar-refractivity contribution in [2.24, 2.45) is 0 Å². The molecule has 26 heavy (non-hydrogen) atoms. The van der Waals surface area contributed by atoms with Crippen LogP contribution in [-0.4, -0.2) is 45.3 Å². The van der Waals surface area contributed by atoms with E-state index in [4.69, 9.17) is 9.47 Å². The number of nitrogens with zero attached hydrogens (tertiary/aromatic N) is 1. The maximum absolute atomic E-state index is 12.8. The Morgan fingerprint density at radius 1 is 1.15 bits per heavy atom. The van der Waals surface area contributed by atoms with Gasteiger partial charge in [-0.3, -0.25) is 9.69 Å². The minimum absolute atomic E-state index is 0.0988. The summed E-state index contributed by atoms with van der Waals surface area (Å²) in [5.41, 5.74) is -0.853. The quantitative estimate of drug-likeness (QED) is 0.828. The van der Waals surface area contributed by atoms with Crippen molar-refractivity contribution in [2.75, 3.05) is 0 Å². The number of ether oxygens (including phenoxy) is 2. The van der Waals surface area contributed by atoms with Crippen LogP contribution in [0.1, 0.15) is 63.5 Å². The van der Waals surface area contributed by atoms with Crippen LogP contribution in [0.3, 0.4) is 0 Å². The highest BCUT2D eigenvalue weighted by Gasteiger charge is 2.54. The van der Waals surface area contributed by atoms with Crippen LogP contribution in [0, 0.1) is 0 Å². The van der Waals surface area contributed by atoms with Gasteiger partial charge in [-0.05, 0) is 47.1 Å². The average molecular weight is 363 g/mol. The molecule has 0 aliphatic carbocycles. The van der Waals surface area contributed by atoms with Crippen LogP contribution in [0.4, 0.5) is 4.79 Å². The number of Topliss-reactive ketones (excluding diaryl/α,β-unsaturated/α-hetero) is 1. The second-order valence-corrected chi connectivity index (χ2v) is 7.80. The lowest BCUT2D eigenvalue weighted by atomic mass is 9.98. The third-order valence-corrected chi connectivity index (χ3v) is 4.05. The van der Waals surface area contributed by atoms with Crippen molar-refractivity contribution in [2.45, 2.75) is 65.0 Å². The number of hydrogen-bond acceptors (Lipinski definition) is 5. The fraction of sp³-hybridized carbons (Fsp3) is 0.526. The molecule has 0 unspecified atom stereocenters. The lowest BCUT2D eigenvalue weighted by molar-refractivity contribution is -0.155. The van der Waals surface area contributed by atoms with E-state index in [1.54, 1.807) is 58.9 Å². The molecule has 0 aromatic heterocycles. The Balaban J connectivity index is 2.49. The van der Waals surface area contributed by atoms with Crippen molar-refractivity contribution in [1.29, 1.82) is 0 Å². The Labute approximate surface area is 152 Å². The SMILES string of the molecule is CC(=O)c1ccc([C@H]2[C@H](C(=O)O)OC(C)(C)N2C(=O)OC(C)(C)C)cc1. The van der Waals surface area contributed by atoms with E-state index in [0.29, 0.717) is 11.1 Å². The van der Waals surface area contributed by atoms with Gasteiger partial charge in [-0.15, -0.1) is 0 Å². The maximum Gasteiger partial charge on any atom is 0.413 e. The number of aliphatic carboxylic acids is 1.